The number of nitrogens with zero attached hydrogens (tertiary/aromatic N) is 4. The van der Waals surface area contributed by atoms with Crippen molar-refractivity contribution in [2.75, 3.05) is 33.2 Å². The number of hydrogen-bond donors (Lipinski definition) is 0. The topological polar surface area (TPSA) is 62.5 Å². The van der Waals surface area contributed by atoms with Crippen LogP contribution in [0, 0.1) is 0 Å². The minimum atomic E-state index is -0.187. The summed E-state index contributed by atoms with van der Waals surface area (Å²) in [6, 6.07) is 9.44. The van der Waals surface area contributed by atoms with E-state index in [1.165, 1.54) is 0 Å². The zero-order valence-corrected chi connectivity index (χ0v) is 11.3. The molecule has 1 aromatic carbocycles. The summed E-state index contributed by atoms with van der Waals surface area (Å²) in [5.74, 6) is 0.254. The van der Waals surface area contributed by atoms with E-state index in [-0.39, 0.29) is 11.8 Å². The van der Waals surface area contributed by atoms with Gasteiger partial charge in [-0.1, -0.05) is 18.2 Å². The smallest absolute Gasteiger partial charge is 0.311 e. The number of carbonyl (C=O) groups excluding carboxylic acids is 1. The predicted molar refractivity (Wildman–Crippen MR) is 73.1 cm³/mol. The number of hydrogen-bond acceptors (Lipinski definition) is 5. The Morgan fingerprint density at radius 1 is 1.10 bits per heavy atom. The fourth-order valence-corrected chi connectivity index (χ4v) is 2.15. The molecular weight excluding hydrogens is 256 g/mol. The van der Waals surface area contributed by atoms with Crippen molar-refractivity contribution >= 4 is 5.91 Å². The largest absolute Gasteiger partial charge is 0.412 e. The van der Waals surface area contributed by atoms with Crippen molar-refractivity contribution in [3.8, 4) is 11.5 Å². The Morgan fingerprint density at radius 2 is 1.80 bits per heavy atom. The molecular formula is C14H16N4O2. The summed E-state index contributed by atoms with van der Waals surface area (Å²) in [5, 5.41) is 7.81. The van der Waals surface area contributed by atoms with Gasteiger partial charge in [0, 0.05) is 31.7 Å². The summed E-state index contributed by atoms with van der Waals surface area (Å²) in [6.07, 6.45) is 0. The van der Waals surface area contributed by atoms with Gasteiger partial charge in [-0.15, -0.1) is 10.2 Å². The molecule has 1 saturated heterocycles. The third kappa shape index (κ3) is 2.55. The highest BCUT2D eigenvalue weighted by Crippen LogP contribution is 2.17. The van der Waals surface area contributed by atoms with E-state index in [0.29, 0.717) is 19.0 Å². The molecule has 0 aliphatic carbocycles. The van der Waals surface area contributed by atoms with Crippen molar-refractivity contribution in [1.82, 2.24) is 20.0 Å². The van der Waals surface area contributed by atoms with Crippen molar-refractivity contribution in [2.24, 2.45) is 0 Å². The molecule has 0 bridgehead atoms. The van der Waals surface area contributed by atoms with Gasteiger partial charge in [-0.2, -0.15) is 0 Å². The van der Waals surface area contributed by atoms with Gasteiger partial charge >= 0.3 is 11.8 Å². The minimum absolute atomic E-state index is 0.0633. The molecule has 0 N–H and O–H groups in total. The molecule has 0 spiro atoms. The molecule has 6 heteroatoms. The second-order valence-electron chi connectivity index (χ2n) is 4.87. The van der Waals surface area contributed by atoms with Crippen molar-refractivity contribution < 1.29 is 9.21 Å². The molecule has 2 aromatic rings. The Bertz CT molecular complexity index is 588. The monoisotopic (exact) mass is 272 g/mol. The molecule has 0 saturated carbocycles. The van der Waals surface area contributed by atoms with Gasteiger partial charge in [-0.25, -0.2) is 0 Å². The number of likely N-dealkylation sites (N-methyl/N-ethyl adjacent to an activating group) is 1. The van der Waals surface area contributed by atoms with Crippen LogP contribution in [-0.4, -0.2) is 59.1 Å². The summed E-state index contributed by atoms with van der Waals surface area (Å²) in [4.78, 5) is 16.2. The van der Waals surface area contributed by atoms with Gasteiger partial charge in [-0.05, 0) is 19.2 Å². The maximum atomic E-state index is 12.3. The van der Waals surface area contributed by atoms with Gasteiger partial charge in [0.05, 0.1) is 0 Å². The number of benzene rings is 1. The van der Waals surface area contributed by atoms with Crippen molar-refractivity contribution in [1.29, 1.82) is 0 Å². The molecule has 0 unspecified atom stereocenters. The first-order valence-corrected chi connectivity index (χ1v) is 6.61. The first kappa shape index (κ1) is 12.8. The molecule has 3 rings (SSSR count). The van der Waals surface area contributed by atoms with Crippen LogP contribution in [0.3, 0.4) is 0 Å². The Hall–Kier alpha value is -2.21. The van der Waals surface area contributed by atoms with Crippen LogP contribution in [0.25, 0.3) is 11.5 Å². The van der Waals surface area contributed by atoms with Crippen molar-refractivity contribution in [3.63, 3.8) is 0 Å². The number of carbonyl (C=O) groups is 1. The zero-order chi connectivity index (χ0) is 13.9. The van der Waals surface area contributed by atoms with Gasteiger partial charge in [0.25, 0.3) is 0 Å². The Morgan fingerprint density at radius 3 is 2.50 bits per heavy atom. The van der Waals surface area contributed by atoms with E-state index < -0.39 is 0 Å². The number of rotatable bonds is 2. The Labute approximate surface area is 117 Å². The highest BCUT2D eigenvalue weighted by Gasteiger charge is 2.25. The van der Waals surface area contributed by atoms with E-state index in [0.717, 1.165) is 18.7 Å². The molecule has 1 fully saturated rings. The third-order valence-electron chi connectivity index (χ3n) is 3.42. The van der Waals surface area contributed by atoms with Crippen LogP contribution in [0.1, 0.15) is 10.7 Å². The van der Waals surface area contributed by atoms with Crippen LogP contribution in [0.2, 0.25) is 0 Å². The van der Waals surface area contributed by atoms with Crippen LogP contribution in [0.5, 0.6) is 0 Å². The molecule has 104 valence electrons. The molecule has 0 atom stereocenters. The van der Waals surface area contributed by atoms with Crippen LogP contribution in [0.15, 0.2) is 34.7 Å². The fraction of sp³-hybridized carbons (Fsp3) is 0.357. The van der Waals surface area contributed by atoms with Crippen LogP contribution < -0.4 is 0 Å². The van der Waals surface area contributed by atoms with Gasteiger partial charge in [0.15, 0.2) is 0 Å². The minimum Gasteiger partial charge on any atom is -0.412 e. The predicted octanol–water partition coefficient (Wildman–Crippen LogP) is 1.12. The molecule has 1 amide bonds. The zero-order valence-electron chi connectivity index (χ0n) is 11.3. The van der Waals surface area contributed by atoms with E-state index in [9.17, 15) is 4.79 Å². The second-order valence-corrected chi connectivity index (χ2v) is 4.87. The molecule has 1 aliphatic heterocycles. The highest BCUT2D eigenvalue weighted by molar-refractivity contribution is 5.89. The van der Waals surface area contributed by atoms with Gasteiger partial charge in [0.1, 0.15) is 0 Å². The maximum Gasteiger partial charge on any atom is 0.311 e. The quantitative estimate of drug-likeness (QED) is 0.820. The van der Waals surface area contributed by atoms with Gasteiger partial charge < -0.3 is 14.2 Å². The van der Waals surface area contributed by atoms with Crippen LogP contribution in [-0.2, 0) is 0 Å². The molecule has 6 nitrogen and oxygen atoms in total. The summed E-state index contributed by atoms with van der Waals surface area (Å²) < 4.78 is 5.48. The average molecular weight is 272 g/mol. The second kappa shape index (κ2) is 5.42. The van der Waals surface area contributed by atoms with E-state index in [1.54, 1.807) is 4.90 Å². The van der Waals surface area contributed by atoms with Crippen LogP contribution in [0.4, 0.5) is 0 Å². The SMILES string of the molecule is CN1CCN(C(=O)c2nnc(-c3ccccc3)o2)CC1. The lowest BCUT2D eigenvalue weighted by Crippen LogP contribution is -2.47. The van der Waals surface area contributed by atoms with Gasteiger partial charge in [0.2, 0.25) is 5.89 Å². The molecule has 0 radical (unpaired) electrons. The summed E-state index contributed by atoms with van der Waals surface area (Å²) >= 11 is 0. The van der Waals surface area contributed by atoms with E-state index in [1.807, 2.05) is 37.4 Å². The molecule has 20 heavy (non-hydrogen) atoms. The summed E-state index contributed by atoms with van der Waals surface area (Å²) in [5.41, 5.74) is 0.817. The highest BCUT2D eigenvalue weighted by atomic mass is 16.4. The van der Waals surface area contributed by atoms with Crippen molar-refractivity contribution in [3.05, 3.63) is 36.2 Å². The summed E-state index contributed by atoms with van der Waals surface area (Å²) in [7, 11) is 2.04. The normalized spacial score (nSPS) is 16.4. The first-order valence-electron chi connectivity index (χ1n) is 6.61. The standard InChI is InChI=1S/C14H16N4O2/c1-17-7-9-18(10-8-17)14(19)13-16-15-12(20-13)11-5-3-2-4-6-11/h2-6H,7-10H2,1H3. The third-order valence-corrected chi connectivity index (χ3v) is 3.42. The lowest BCUT2D eigenvalue weighted by Gasteiger charge is -2.31. The lowest BCUT2D eigenvalue weighted by atomic mass is 10.2. The van der Waals surface area contributed by atoms with Gasteiger partial charge in [-0.3, -0.25) is 4.79 Å². The van der Waals surface area contributed by atoms with E-state index in [4.69, 9.17) is 4.42 Å². The Kier molecular flexibility index (Phi) is 3.47. The van der Waals surface area contributed by atoms with Crippen molar-refractivity contribution in [2.45, 2.75) is 0 Å². The number of amides is 1. The summed E-state index contributed by atoms with van der Waals surface area (Å²) in [6.45, 7) is 3.12. The van der Waals surface area contributed by atoms with Crippen LogP contribution >= 0.6 is 0 Å². The molecule has 1 aliphatic rings. The van der Waals surface area contributed by atoms with E-state index >= 15 is 0 Å². The number of aromatic nitrogens is 2. The first-order chi connectivity index (χ1) is 9.74. The lowest BCUT2D eigenvalue weighted by molar-refractivity contribution is 0.0625. The molecule has 2 heterocycles. The molecule has 1 aromatic heterocycles. The maximum absolute atomic E-state index is 12.3. The van der Waals surface area contributed by atoms with E-state index in [2.05, 4.69) is 15.1 Å². The fourth-order valence-electron chi connectivity index (χ4n) is 2.15. The Balaban J connectivity index is 1.75. The number of piperazine rings is 1. The average Bonchev–Trinajstić information content (AvgIpc) is 2.98.